The molecule has 1 aliphatic heterocycles. The van der Waals surface area contributed by atoms with Crippen LogP contribution >= 0.6 is 0 Å². The van der Waals surface area contributed by atoms with E-state index in [0.717, 1.165) is 32.8 Å². The lowest BCUT2D eigenvalue weighted by Crippen LogP contribution is -2.35. The molecule has 0 unspecified atom stereocenters. The number of benzene rings is 1. The van der Waals surface area contributed by atoms with Crippen LogP contribution in [0.4, 0.5) is 5.69 Å². The van der Waals surface area contributed by atoms with Gasteiger partial charge in [0.1, 0.15) is 0 Å². The number of rotatable bonds is 4. The van der Waals surface area contributed by atoms with Gasteiger partial charge in [-0.1, -0.05) is 17.7 Å². The molecule has 2 rings (SSSR count). The van der Waals surface area contributed by atoms with Gasteiger partial charge in [0.15, 0.2) is 0 Å². The Bertz CT molecular complexity index is 608. The summed E-state index contributed by atoms with van der Waals surface area (Å²) in [5, 5.41) is 0. The van der Waals surface area contributed by atoms with Gasteiger partial charge >= 0.3 is 0 Å². The highest BCUT2D eigenvalue weighted by molar-refractivity contribution is 7.85. The highest BCUT2D eigenvalue weighted by Gasteiger charge is 2.10. The van der Waals surface area contributed by atoms with Crippen molar-refractivity contribution < 1.29 is 17.7 Å². The maximum atomic E-state index is 9.19. The minimum absolute atomic E-state index is 0.715. The molecular formula is C17H28N2O4S. The first kappa shape index (κ1) is 20.6. The Balaban J connectivity index is 0.000000505. The molecule has 6 nitrogen and oxygen atoms in total. The number of hydrogen-bond donors (Lipinski definition) is 1. The molecule has 0 amide bonds. The van der Waals surface area contributed by atoms with E-state index in [9.17, 15) is 8.42 Å². The van der Waals surface area contributed by atoms with Gasteiger partial charge < -0.3 is 9.64 Å². The number of morpholine rings is 1. The second-order valence-corrected chi connectivity index (χ2v) is 7.57. The van der Waals surface area contributed by atoms with E-state index in [2.05, 4.69) is 61.2 Å². The van der Waals surface area contributed by atoms with E-state index in [1.165, 1.54) is 16.8 Å². The van der Waals surface area contributed by atoms with Crippen molar-refractivity contribution in [1.29, 1.82) is 0 Å². The Labute approximate surface area is 145 Å². The second kappa shape index (κ2) is 9.78. The molecular weight excluding hydrogens is 328 g/mol. The molecule has 1 heterocycles. The van der Waals surface area contributed by atoms with Crippen molar-refractivity contribution in [2.75, 3.05) is 44.5 Å². The van der Waals surface area contributed by atoms with Crippen LogP contribution < -0.4 is 4.90 Å². The lowest BCUT2D eigenvalue weighted by atomic mass is 10.2. The Hall–Kier alpha value is -1.41. The van der Waals surface area contributed by atoms with Gasteiger partial charge in [0.25, 0.3) is 10.1 Å². The van der Waals surface area contributed by atoms with E-state index >= 15 is 0 Å². The number of ether oxygens (including phenoxy) is 1. The normalized spacial score (nSPS) is 15.2. The zero-order chi connectivity index (χ0) is 18.2. The minimum atomic E-state index is -3.67. The van der Waals surface area contributed by atoms with Gasteiger partial charge in [-0.25, -0.2) is 0 Å². The van der Waals surface area contributed by atoms with Gasteiger partial charge in [-0.2, -0.15) is 8.42 Å². The van der Waals surface area contributed by atoms with Gasteiger partial charge in [0.05, 0.1) is 19.5 Å². The molecule has 1 aromatic carbocycles. The summed E-state index contributed by atoms with van der Waals surface area (Å²) in [7, 11) is -1.58. The number of hydrogen-bond acceptors (Lipinski definition) is 5. The molecule has 1 fully saturated rings. The second-order valence-electron chi connectivity index (χ2n) is 6.11. The quantitative estimate of drug-likeness (QED) is 0.836. The fraction of sp³-hybridized carbons (Fsp3) is 0.529. The van der Waals surface area contributed by atoms with Gasteiger partial charge in [0.2, 0.25) is 0 Å². The summed E-state index contributed by atoms with van der Waals surface area (Å²) >= 11 is 0. The molecule has 1 saturated heterocycles. The first-order valence-electron chi connectivity index (χ1n) is 7.84. The van der Waals surface area contributed by atoms with E-state index in [1.807, 2.05) is 0 Å². The van der Waals surface area contributed by atoms with Gasteiger partial charge in [-0.15, -0.1) is 0 Å². The summed E-state index contributed by atoms with van der Waals surface area (Å²) in [6.07, 6.45) is 2.87. The molecule has 0 atom stereocenters. The zero-order valence-electron chi connectivity index (χ0n) is 14.9. The average Bonchev–Trinajstić information content (AvgIpc) is 2.46. The standard InChI is InChI=1S/C16H24N2O.CH4O3S/c1-14(2)12-17(3)16-6-4-15(5-7-16)13-18-8-10-19-11-9-18;1-5(2,3)4/h4-7,12H,8-11,13H2,1-3H3;1H3,(H,2,3,4). The van der Waals surface area contributed by atoms with Crippen LogP contribution in [0.2, 0.25) is 0 Å². The molecule has 0 saturated carbocycles. The Morgan fingerprint density at radius 3 is 2.21 bits per heavy atom. The van der Waals surface area contributed by atoms with Crippen molar-refractivity contribution in [2.45, 2.75) is 20.4 Å². The van der Waals surface area contributed by atoms with Crippen LogP contribution in [-0.4, -0.2) is 57.5 Å². The Kier molecular flexibility index (Phi) is 8.41. The van der Waals surface area contributed by atoms with Crippen LogP contribution in [0.3, 0.4) is 0 Å². The van der Waals surface area contributed by atoms with Crippen LogP contribution in [0.15, 0.2) is 36.0 Å². The molecule has 1 aromatic rings. The van der Waals surface area contributed by atoms with Crippen LogP contribution in [-0.2, 0) is 21.4 Å². The smallest absolute Gasteiger partial charge is 0.261 e. The van der Waals surface area contributed by atoms with Crippen molar-refractivity contribution in [3.8, 4) is 0 Å². The largest absolute Gasteiger partial charge is 0.379 e. The predicted molar refractivity (Wildman–Crippen MR) is 97.8 cm³/mol. The van der Waals surface area contributed by atoms with E-state index in [4.69, 9.17) is 9.29 Å². The van der Waals surface area contributed by atoms with E-state index in [-0.39, 0.29) is 0 Å². The third-order valence-corrected chi connectivity index (χ3v) is 3.31. The summed E-state index contributed by atoms with van der Waals surface area (Å²) in [6, 6.07) is 8.82. The Morgan fingerprint density at radius 1 is 1.25 bits per heavy atom. The van der Waals surface area contributed by atoms with Crippen molar-refractivity contribution in [3.63, 3.8) is 0 Å². The minimum Gasteiger partial charge on any atom is -0.379 e. The van der Waals surface area contributed by atoms with Crippen LogP contribution in [0.25, 0.3) is 0 Å². The Morgan fingerprint density at radius 2 is 1.75 bits per heavy atom. The summed E-state index contributed by atoms with van der Waals surface area (Å²) in [4.78, 5) is 4.60. The lowest BCUT2D eigenvalue weighted by molar-refractivity contribution is 0.0342. The molecule has 0 aromatic heterocycles. The summed E-state index contributed by atoms with van der Waals surface area (Å²) in [5.74, 6) is 0. The molecule has 24 heavy (non-hydrogen) atoms. The molecule has 0 spiro atoms. The topological polar surface area (TPSA) is 70.1 Å². The van der Waals surface area contributed by atoms with Crippen molar-refractivity contribution in [3.05, 3.63) is 41.6 Å². The predicted octanol–water partition coefficient (Wildman–Crippen LogP) is 2.38. The van der Waals surface area contributed by atoms with E-state index in [1.54, 1.807) is 0 Å². The van der Waals surface area contributed by atoms with Gasteiger partial charge in [-0.05, 0) is 31.5 Å². The number of nitrogens with zero attached hydrogens (tertiary/aromatic N) is 2. The van der Waals surface area contributed by atoms with Crippen LogP contribution in [0.1, 0.15) is 19.4 Å². The number of allylic oxidation sites excluding steroid dienone is 1. The number of anilines is 1. The lowest BCUT2D eigenvalue weighted by Gasteiger charge is -2.26. The molecule has 1 aliphatic rings. The fourth-order valence-corrected chi connectivity index (χ4v) is 2.32. The third kappa shape index (κ3) is 9.67. The maximum Gasteiger partial charge on any atom is 0.261 e. The zero-order valence-corrected chi connectivity index (χ0v) is 15.7. The molecule has 136 valence electrons. The molecule has 0 bridgehead atoms. The van der Waals surface area contributed by atoms with Crippen LogP contribution in [0, 0.1) is 0 Å². The average molecular weight is 356 g/mol. The van der Waals surface area contributed by atoms with Crippen molar-refractivity contribution in [2.24, 2.45) is 0 Å². The highest BCUT2D eigenvalue weighted by Crippen LogP contribution is 2.16. The molecule has 1 N–H and O–H groups in total. The van der Waals surface area contributed by atoms with Crippen LogP contribution in [0.5, 0.6) is 0 Å². The van der Waals surface area contributed by atoms with Gasteiger partial charge in [-0.3, -0.25) is 9.45 Å². The highest BCUT2D eigenvalue weighted by atomic mass is 32.2. The van der Waals surface area contributed by atoms with Gasteiger partial charge in [0, 0.05) is 38.6 Å². The van der Waals surface area contributed by atoms with E-state index in [0.29, 0.717) is 6.26 Å². The monoisotopic (exact) mass is 356 g/mol. The third-order valence-electron chi connectivity index (χ3n) is 3.31. The summed E-state index contributed by atoms with van der Waals surface area (Å²) < 4.78 is 31.2. The summed E-state index contributed by atoms with van der Waals surface area (Å²) in [5.41, 5.74) is 3.91. The van der Waals surface area contributed by atoms with Crippen molar-refractivity contribution in [1.82, 2.24) is 4.90 Å². The maximum absolute atomic E-state index is 9.19. The van der Waals surface area contributed by atoms with E-state index < -0.39 is 10.1 Å². The first-order valence-corrected chi connectivity index (χ1v) is 9.69. The molecule has 7 heteroatoms. The molecule has 0 aliphatic carbocycles. The summed E-state index contributed by atoms with van der Waals surface area (Å²) in [6.45, 7) is 9.06. The fourth-order valence-electron chi connectivity index (χ4n) is 2.32. The molecule has 0 radical (unpaired) electrons. The SMILES string of the molecule is CC(C)=CN(C)c1ccc(CN2CCOCC2)cc1.CS(=O)(=O)O. The first-order chi connectivity index (χ1) is 11.1. The van der Waals surface area contributed by atoms with Crippen molar-refractivity contribution >= 4 is 15.8 Å².